The molecule has 0 unspecified atom stereocenters. The first-order valence-corrected chi connectivity index (χ1v) is 6.59. The number of rotatable bonds is 3. The van der Waals surface area contributed by atoms with Crippen LogP contribution in [0.5, 0.6) is 11.5 Å². The van der Waals surface area contributed by atoms with E-state index < -0.39 is 0 Å². The number of nitrogens with zero attached hydrogens (tertiary/aromatic N) is 1. The van der Waals surface area contributed by atoms with Crippen molar-refractivity contribution < 1.29 is 14.3 Å². The summed E-state index contributed by atoms with van der Waals surface area (Å²) in [6.07, 6.45) is 1.54. The van der Waals surface area contributed by atoms with Crippen LogP contribution in [0, 0.1) is 0 Å². The van der Waals surface area contributed by atoms with Crippen LogP contribution in [0.4, 0.5) is 0 Å². The lowest BCUT2D eigenvalue weighted by Gasteiger charge is -2.00. The fourth-order valence-electron chi connectivity index (χ4n) is 1.82. The van der Waals surface area contributed by atoms with E-state index in [9.17, 15) is 4.79 Å². The minimum atomic E-state index is -0.302. The van der Waals surface area contributed by atoms with Crippen molar-refractivity contribution in [2.75, 3.05) is 6.79 Å². The Morgan fingerprint density at radius 1 is 1.14 bits per heavy atom. The molecule has 0 radical (unpaired) electrons. The molecule has 1 heterocycles. The molecule has 0 aromatic heterocycles. The van der Waals surface area contributed by atoms with E-state index in [-0.39, 0.29) is 12.7 Å². The minimum Gasteiger partial charge on any atom is -0.454 e. The number of fused-ring (bicyclic) bond motifs is 1. The summed E-state index contributed by atoms with van der Waals surface area (Å²) in [7, 11) is 0. The van der Waals surface area contributed by atoms with Crippen LogP contribution in [0.15, 0.2) is 47.6 Å². The molecule has 0 fully saturated rings. The van der Waals surface area contributed by atoms with E-state index in [4.69, 9.17) is 21.1 Å². The molecule has 6 heteroatoms. The van der Waals surface area contributed by atoms with Gasteiger partial charge in [-0.15, -0.1) is 0 Å². The van der Waals surface area contributed by atoms with E-state index >= 15 is 0 Å². The van der Waals surface area contributed by atoms with E-state index in [0.29, 0.717) is 22.1 Å². The largest absolute Gasteiger partial charge is 0.454 e. The van der Waals surface area contributed by atoms with E-state index in [0.717, 1.165) is 5.56 Å². The highest BCUT2D eigenvalue weighted by Gasteiger charge is 2.12. The standard InChI is InChI=1S/C15H11ClN2O3/c16-12-4-2-11(3-5-12)15(19)18-17-8-10-1-6-13-14(7-10)21-9-20-13/h1-8H,9H2,(H,18,19)/b17-8-. The summed E-state index contributed by atoms with van der Waals surface area (Å²) in [5.74, 6) is 1.07. The SMILES string of the molecule is O=C(N/N=C\c1ccc2c(c1)OCO2)c1ccc(Cl)cc1. The fraction of sp³-hybridized carbons (Fsp3) is 0.0667. The Morgan fingerprint density at radius 2 is 1.90 bits per heavy atom. The van der Waals surface area contributed by atoms with Gasteiger partial charge in [0.15, 0.2) is 11.5 Å². The summed E-state index contributed by atoms with van der Waals surface area (Å²) in [4.78, 5) is 11.8. The maximum Gasteiger partial charge on any atom is 0.271 e. The molecular formula is C15H11ClN2O3. The maximum atomic E-state index is 11.8. The zero-order chi connectivity index (χ0) is 14.7. The summed E-state index contributed by atoms with van der Waals surface area (Å²) in [6, 6.07) is 12.0. The topological polar surface area (TPSA) is 59.9 Å². The molecule has 1 aliphatic heterocycles. The fourth-order valence-corrected chi connectivity index (χ4v) is 1.95. The highest BCUT2D eigenvalue weighted by molar-refractivity contribution is 6.30. The van der Waals surface area contributed by atoms with E-state index in [1.165, 1.54) is 6.21 Å². The Morgan fingerprint density at radius 3 is 2.71 bits per heavy atom. The van der Waals surface area contributed by atoms with E-state index in [1.54, 1.807) is 36.4 Å². The zero-order valence-electron chi connectivity index (χ0n) is 10.9. The van der Waals surface area contributed by atoms with Crippen molar-refractivity contribution in [3.8, 4) is 11.5 Å². The Balaban J connectivity index is 1.64. The summed E-state index contributed by atoms with van der Waals surface area (Å²) in [6.45, 7) is 0.225. The van der Waals surface area contributed by atoms with Crippen LogP contribution in [-0.4, -0.2) is 18.9 Å². The van der Waals surface area contributed by atoms with Crippen LogP contribution in [-0.2, 0) is 0 Å². The number of ether oxygens (including phenoxy) is 2. The predicted octanol–water partition coefficient (Wildman–Crippen LogP) is 2.83. The summed E-state index contributed by atoms with van der Waals surface area (Å²) in [5.41, 5.74) is 3.74. The van der Waals surface area contributed by atoms with Gasteiger partial charge < -0.3 is 9.47 Å². The van der Waals surface area contributed by atoms with Crippen LogP contribution in [0.25, 0.3) is 0 Å². The molecule has 106 valence electrons. The third-order valence-corrected chi connectivity index (χ3v) is 3.13. The summed E-state index contributed by atoms with van der Waals surface area (Å²) in [5, 5.41) is 4.49. The first-order chi connectivity index (χ1) is 10.2. The van der Waals surface area contributed by atoms with Gasteiger partial charge in [-0.05, 0) is 48.0 Å². The number of carbonyl (C=O) groups excluding carboxylic acids is 1. The van der Waals surface area contributed by atoms with Crippen LogP contribution in [0.1, 0.15) is 15.9 Å². The minimum absolute atomic E-state index is 0.225. The van der Waals surface area contributed by atoms with Gasteiger partial charge in [0, 0.05) is 10.6 Å². The van der Waals surface area contributed by atoms with Crippen LogP contribution >= 0.6 is 11.6 Å². The number of benzene rings is 2. The molecule has 1 amide bonds. The van der Waals surface area contributed by atoms with Gasteiger partial charge in [-0.25, -0.2) is 5.43 Å². The van der Waals surface area contributed by atoms with Gasteiger partial charge in [-0.1, -0.05) is 11.6 Å². The predicted molar refractivity (Wildman–Crippen MR) is 79.1 cm³/mol. The quantitative estimate of drug-likeness (QED) is 0.700. The van der Waals surface area contributed by atoms with E-state index in [1.807, 2.05) is 6.07 Å². The average Bonchev–Trinajstić information content (AvgIpc) is 2.95. The van der Waals surface area contributed by atoms with Crippen molar-refractivity contribution >= 4 is 23.7 Å². The normalized spacial score (nSPS) is 12.6. The number of halogens is 1. The summed E-state index contributed by atoms with van der Waals surface area (Å²) < 4.78 is 10.5. The van der Waals surface area contributed by atoms with Gasteiger partial charge in [-0.3, -0.25) is 4.79 Å². The molecule has 3 rings (SSSR count). The second kappa shape index (κ2) is 5.85. The Kier molecular flexibility index (Phi) is 3.75. The molecule has 1 aliphatic rings. The maximum absolute atomic E-state index is 11.8. The molecule has 5 nitrogen and oxygen atoms in total. The van der Waals surface area contributed by atoms with Gasteiger partial charge in [0.2, 0.25) is 6.79 Å². The first-order valence-electron chi connectivity index (χ1n) is 6.21. The highest BCUT2D eigenvalue weighted by Crippen LogP contribution is 2.31. The molecule has 0 spiro atoms. The van der Waals surface area contributed by atoms with Gasteiger partial charge >= 0.3 is 0 Å². The lowest BCUT2D eigenvalue weighted by molar-refractivity contribution is 0.0955. The van der Waals surface area contributed by atoms with Crippen molar-refractivity contribution in [2.45, 2.75) is 0 Å². The molecule has 0 saturated carbocycles. The van der Waals surface area contributed by atoms with Crippen LogP contribution < -0.4 is 14.9 Å². The highest BCUT2D eigenvalue weighted by atomic mass is 35.5. The average molecular weight is 303 g/mol. The summed E-state index contributed by atoms with van der Waals surface area (Å²) >= 11 is 5.76. The van der Waals surface area contributed by atoms with Crippen molar-refractivity contribution in [2.24, 2.45) is 5.10 Å². The lowest BCUT2D eigenvalue weighted by Crippen LogP contribution is -2.17. The van der Waals surface area contributed by atoms with Crippen LogP contribution in [0.3, 0.4) is 0 Å². The number of hydrogen-bond acceptors (Lipinski definition) is 4. The Bertz CT molecular complexity index is 699. The third kappa shape index (κ3) is 3.14. The van der Waals surface area contributed by atoms with Crippen molar-refractivity contribution in [1.29, 1.82) is 0 Å². The monoisotopic (exact) mass is 302 g/mol. The van der Waals surface area contributed by atoms with Crippen molar-refractivity contribution in [3.05, 3.63) is 58.6 Å². The zero-order valence-corrected chi connectivity index (χ0v) is 11.6. The number of hydrogen-bond donors (Lipinski definition) is 1. The molecule has 1 N–H and O–H groups in total. The molecule has 0 bridgehead atoms. The molecule has 2 aromatic carbocycles. The van der Waals surface area contributed by atoms with Gasteiger partial charge in [0.05, 0.1) is 6.21 Å². The van der Waals surface area contributed by atoms with Gasteiger partial charge in [-0.2, -0.15) is 5.10 Å². The molecule has 0 aliphatic carbocycles. The lowest BCUT2D eigenvalue weighted by atomic mass is 10.2. The number of amides is 1. The molecule has 0 atom stereocenters. The van der Waals surface area contributed by atoms with Crippen molar-refractivity contribution in [1.82, 2.24) is 5.43 Å². The Labute approximate surface area is 126 Å². The van der Waals surface area contributed by atoms with Gasteiger partial charge in [0.25, 0.3) is 5.91 Å². The first kappa shape index (κ1) is 13.5. The number of nitrogens with one attached hydrogen (secondary N) is 1. The molecule has 0 saturated heterocycles. The van der Waals surface area contributed by atoms with E-state index in [2.05, 4.69) is 10.5 Å². The third-order valence-electron chi connectivity index (χ3n) is 2.88. The number of hydrazone groups is 1. The second-order valence-electron chi connectivity index (χ2n) is 4.32. The van der Waals surface area contributed by atoms with Crippen LogP contribution in [0.2, 0.25) is 5.02 Å². The smallest absolute Gasteiger partial charge is 0.271 e. The molecular weight excluding hydrogens is 292 g/mol. The van der Waals surface area contributed by atoms with Gasteiger partial charge in [0.1, 0.15) is 0 Å². The second-order valence-corrected chi connectivity index (χ2v) is 4.76. The molecule has 21 heavy (non-hydrogen) atoms. The van der Waals surface area contributed by atoms with Crippen molar-refractivity contribution in [3.63, 3.8) is 0 Å². The Hall–Kier alpha value is -2.53. The molecule has 2 aromatic rings. The number of carbonyl (C=O) groups is 1.